The van der Waals surface area contributed by atoms with Gasteiger partial charge in [-0.15, -0.1) is 5.10 Å². The van der Waals surface area contributed by atoms with Crippen LogP contribution < -0.4 is 19.5 Å². The zero-order valence-electron chi connectivity index (χ0n) is 17.3. The highest BCUT2D eigenvalue weighted by molar-refractivity contribution is 8.14. The number of nitrogens with one attached hydrogen (secondary N) is 1. The van der Waals surface area contributed by atoms with Crippen molar-refractivity contribution in [3.8, 4) is 17.2 Å². The summed E-state index contributed by atoms with van der Waals surface area (Å²) < 4.78 is 16.9. The zero-order chi connectivity index (χ0) is 22.4. The molecule has 164 valence electrons. The summed E-state index contributed by atoms with van der Waals surface area (Å²) in [4.78, 5) is 23.6. The summed E-state index contributed by atoms with van der Waals surface area (Å²) in [5.41, 5.74) is 0.682. The van der Waals surface area contributed by atoms with E-state index in [2.05, 4.69) is 10.4 Å². The normalized spacial score (nSPS) is 15.3. The molecular formula is C21H22ClN3O5S. The van der Waals surface area contributed by atoms with Gasteiger partial charge >= 0.3 is 0 Å². The van der Waals surface area contributed by atoms with E-state index >= 15 is 0 Å². The number of rotatable bonds is 7. The Morgan fingerprint density at radius 3 is 2.48 bits per heavy atom. The highest BCUT2D eigenvalue weighted by atomic mass is 35.5. The molecule has 0 fully saturated rings. The number of thioether (sulfide) groups is 1. The van der Waals surface area contributed by atoms with Crippen LogP contribution in [0, 0.1) is 0 Å². The second-order valence-corrected chi connectivity index (χ2v) is 7.93. The van der Waals surface area contributed by atoms with Crippen molar-refractivity contribution >= 4 is 40.3 Å². The van der Waals surface area contributed by atoms with E-state index in [0.717, 1.165) is 0 Å². The Morgan fingerprint density at radius 2 is 1.84 bits per heavy atom. The van der Waals surface area contributed by atoms with Crippen LogP contribution in [0.3, 0.4) is 0 Å². The Labute approximate surface area is 189 Å². The maximum atomic E-state index is 12.2. The maximum absolute atomic E-state index is 12.2. The molecule has 1 heterocycles. The predicted molar refractivity (Wildman–Crippen MR) is 120 cm³/mol. The Kier molecular flexibility index (Phi) is 7.64. The van der Waals surface area contributed by atoms with Crippen molar-refractivity contribution in [1.29, 1.82) is 0 Å². The van der Waals surface area contributed by atoms with E-state index in [1.54, 1.807) is 37.4 Å². The molecule has 2 aromatic carbocycles. The van der Waals surface area contributed by atoms with E-state index in [4.69, 9.17) is 25.8 Å². The van der Waals surface area contributed by atoms with Gasteiger partial charge in [0.1, 0.15) is 35.8 Å². The molecule has 0 aliphatic carbocycles. The molecule has 0 saturated carbocycles. The van der Waals surface area contributed by atoms with Crippen molar-refractivity contribution in [1.82, 2.24) is 10.3 Å². The molecule has 0 spiro atoms. The fraction of sp³-hybridized carbons (Fsp3) is 0.286. The third-order valence-electron chi connectivity index (χ3n) is 4.17. The van der Waals surface area contributed by atoms with Gasteiger partial charge in [0.2, 0.25) is 11.8 Å². The molecule has 1 N–H and O–H groups in total. The van der Waals surface area contributed by atoms with Crippen molar-refractivity contribution < 1.29 is 23.8 Å². The quantitative estimate of drug-likeness (QED) is 0.628. The Bertz CT molecular complexity index is 1000. The first-order valence-corrected chi connectivity index (χ1v) is 10.7. The molecule has 0 radical (unpaired) electrons. The number of benzene rings is 2. The number of hydrazone groups is 1. The summed E-state index contributed by atoms with van der Waals surface area (Å²) in [5, 5.41) is 8.49. The number of carbonyl (C=O) groups is 2. The first kappa shape index (κ1) is 22.8. The van der Waals surface area contributed by atoms with Gasteiger partial charge in [-0.2, -0.15) is 0 Å². The van der Waals surface area contributed by atoms with E-state index in [1.165, 1.54) is 30.6 Å². The van der Waals surface area contributed by atoms with E-state index < -0.39 is 5.37 Å². The second kappa shape index (κ2) is 10.4. The summed E-state index contributed by atoms with van der Waals surface area (Å²) in [5.74, 6) is 1.19. The number of hydrogen-bond donors (Lipinski definition) is 1. The van der Waals surface area contributed by atoms with Gasteiger partial charge < -0.3 is 19.5 Å². The summed E-state index contributed by atoms with van der Waals surface area (Å²) >= 11 is 7.34. The Hall–Kier alpha value is -2.91. The number of hydrogen-bond acceptors (Lipinski definition) is 7. The first-order valence-electron chi connectivity index (χ1n) is 9.39. The van der Waals surface area contributed by atoms with Crippen LogP contribution in [0.1, 0.15) is 24.8 Å². The number of para-hydroxylation sites is 1. The van der Waals surface area contributed by atoms with Crippen molar-refractivity contribution in [2.45, 2.75) is 19.2 Å². The van der Waals surface area contributed by atoms with Crippen molar-refractivity contribution in [2.24, 2.45) is 5.10 Å². The smallest absolute Gasteiger partial charge is 0.241 e. The highest BCUT2D eigenvalue weighted by Gasteiger charge is 2.34. The maximum Gasteiger partial charge on any atom is 0.241 e. The third-order valence-corrected chi connectivity index (χ3v) is 5.56. The molecule has 1 aliphatic rings. The van der Waals surface area contributed by atoms with E-state index in [9.17, 15) is 9.59 Å². The largest absolute Gasteiger partial charge is 0.497 e. The van der Waals surface area contributed by atoms with Crippen molar-refractivity contribution in [2.75, 3.05) is 20.3 Å². The molecule has 8 nitrogen and oxygen atoms in total. The molecule has 10 heteroatoms. The molecule has 0 saturated heterocycles. The molecular weight excluding hydrogens is 442 g/mol. The summed E-state index contributed by atoms with van der Waals surface area (Å²) in [6, 6.07) is 12.5. The van der Waals surface area contributed by atoms with Gasteiger partial charge in [0, 0.05) is 19.4 Å². The third kappa shape index (κ3) is 5.83. The Balaban J connectivity index is 1.76. The van der Waals surface area contributed by atoms with Crippen LogP contribution in [0.2, 0.25) is 5.02 Å². The van der Waals surface area contributed by atoms with E-state index in [1.807, 2.05) is 12.1 Å². The molecule has 0 unspecified atom stereocenters. The topological polar surface area (TPSA) is 89.5 Å². The lowest BCUT2D eigenvalue weighted by molar-refractivity contribution is -0.129. The highest BCUT2D eigenvalue weighted by Crippen LogP contribution is 2.43. The lowest BCUT2D eigenvalue weighted by atomic mass is 10.1. The summed E-state index contributed by atoms with van der Waals surface area (Å²) in [6.45, 7) is 3.32. The molecule has 2 amide bonds. The fourth-order valence-corrected chi connectivity index (χ4v) is 4.15. The molecule has 31 heavy (non-hydrogen) atoms. The van der Waals surface area contributed by atoms with E-state index in [-0.39, 0.29) is 25.0 Å². The van der Waals surface area contributed by atoms with Gasteiger partial charge in [-0.3, -0.25) is 9.59 Å². The molecule has 0 aromatic heterocycles. The summed E-state index contributed by atoms with van der Waals surface area (Å²) in [7, 11) is 1.56. The van der Waals surface area contributed by atoms with E-state index in [0.29, 0.717) is 33.0 Å². The molecule has 0 bridgehead atoms. The zero-order valence-corrected chi connectivity index (χ0v) is 18.8. The van der Waals surface area contributed by atoms with Gasteiger partial charge in [0.05, 0.1) is 12.1 Å². The van der Waals surface area contributed by atoms with Crippen LogP contribution in [0.15, 0.2) is 47.6 Å². The standard InChI is InChI=1S/C21H22ClN3O5S/c1-13(26)23-21-24-25(14(2)27)20(31-21)16-12-15(28-3)8-9-18(16)29-10-11-30-19-7-5-4-6-17(19)22/h4-9,12,20H,10-11H2,1-3H3,(H,23,24,26)/t20-/m0/s1. The van der Waals surface area contributed by atoms with Gasteiger partial charge in [-0.1, -0.05) is 35.5 Å². The number of halogens is 1. The van der Waals surface area contributed by atoms with Gasteiger partial charge in [-0.25, -0.2) is 5.01 Å². The second-order valence-electron chi connectivity index (χ2n) is 6.45. The van der Waals surface area contributed by atoms with Gasteiger partial charge in [-0.05, 0) is 30.3 Å². The van der Waals surface area contributed by atoms with Crippen LogP contribution in [-0.2, 0) is 9.59 Å². The average Bonchev–Trinajstić information content (AvgIpc) is 3.15. The van der Waals surface area contributed by atoms with Crippen molar-refractivity contribution in [3.63, 3.8) is 0 Å². The number of amides is 2. The van der Waals surface area contributed by atoms with Crippen LogP contribution in [0.25, 0.3) is 0 Å². The summed E-state index contributed by atoms with van der Waals surface area (Å²) in [6.07, 6.45) is 0. The molecule has 1 atom stereocenters. The predicted octanol–water partition coefficient (Wildman–Crippen LogP) is 3.81. The van der Waals surface area contributed by atoms with Gasteiger partial charge in [0.25, 0.3) is 0 Å². The van der Waals surface area contributed by atoms with Crippen LogP contribution in [0.5, 0.6) is 17.2 Å². The lowest BCUT2D eigenvalue weighted by Gasteiger charge is -2.22. The number of methoxy groups -OCH3 is 1. The number of carbonyl (C=O) groups excluding carboxylic acids is 2. The molecule has 3 rings (SSSR count). The monoisotopic (exact) mass is 463 g/mol. The van der Waals surface area contributed by atoms with Crippen molar-refractivity contribution in [3.05, 3.63) is 53.1 Å². The van der Waals surface area contributed by atoms with Crippen LogP contribution in [-0.4, -0.2) is 42.3 Å². The van der Waals surface area contributed by atoms with Gasteiger partial charge in [0.15, 0.2) is 5.17 Å². The minimum Gasteiger partial charge on any atom is -0.497 e. The fourth-order valence-electron chi connectivity index (χ4n) is 2.81. The SMILES string of the molecule is COc1ccc(OCCOc2ccccc2Cl)c([C@@H]2SC(NC(C)=O)=NN2C(C)=O)c1. The molecule has 1 aliphatic heterocycles. The number of amidine groups is 1. The van der Waals surface area contributed by atoms with Crippen LogP contribution in [0.4, 0.5) is 0 Å². The molecule has 2 aromatic rings. The first-order chi connectivity index (χ1) is 14.9. The average molecular weight is 464 g/mol. The Morgan fingerprint density at radius 1 is 1.13 bits per heavy atom. The lowest BCUT2D eigenvalue weighted by Crippen LogP contribution is -2.25. The number of ether oxygens (including phenoxy) is 3. The minimum absolute atomic E-state index is 0.251. The van der Waals surface area contributed by atoms with Crippen LogP contribution >= 0.6 is 23.4 Å². The minimum atomic E-state index is -0.520. The number of nitrogens with zero attached hydrogens (tertiary/aromatic N) is 2.